The number of benzene rings is 10. The van der Waals surface area contributed by atoms with Gasteiger partial charge in [-0.05, 0) is 203 Å². The maximum Gasteiger partial charge on any atom is 0.247 e. The number of methoxy groups -OCH3 is 1. The molecule has 0 saturated carbocycles. The zero-order valence-corrected chi connectivity index (χ0v) is 68.9. The Morgan fingerprint density at radius 3 is 0.848 bits per heavy atom. The summed E-state index contributed by atoms with van der Waals surface area (Å²) in [7, 11) is 1.65. The van der Waals surface area contributed by atoms with E-state index in [4.69, 9.17) is 4.74 Å². The second-order valence-corrected chi connectivity index (χ2v) is 32.6. The minimum absolute atomic E-state index is 0. The van der Waals surface area contributed by atoms with Crippen molar-refractivity contribution >= 4 is 89.3 Å². The predicted molar refractivity (Wildman–Crippen MR) is 466 cm³/mol. The van der Waals surface area contributed by atoms with Crippen LogP contribution in [0.15, 0.2) is 304 Å². The average molecular weight is 1620 g/mol. The van der Waals surface area contributed by atoms with Crippen LogP contribution >= 0.6 is 31.9 Å². The molecule has 5 amide bonds. The van der Waals surface area contributed by atoms with Crippen molar-refractivity contribution in [1.82, 2.24) is 26.6 Å². The third-order valence-electron chi connectivity index (χ3n) is 22.1. The summed E-state index contributed by atoms with van der Waals surface area (Å²) in [5.74, 6) is 0.830. The SMILES string of the molecule is C.CC1(c2ccccc2)CC(c2ccccc2)=CC(=O)N1.CC1=C(c2ccc(Br)cc2)CC(C)(c2ccc(Br)cc2)NC1=O.CC1=C(c2ccc(C)cc2)CC(C)(c2ccc(C)cc2)NC1=O.CC1=C(c2ccccc2)CC(C)(c2ccccc2)NC1=O.COc1ccc(C2=C(C)C(=O)NC(C)(c3ccc(C)cc3)C2)cc1. The van der Waals surface area contributed by atoms with Gasteiger partial charge >= 0.3 is 0 Å². The molecule has 10 aromatic carbocycles. The Morgan fingerprint density at radius 1 is 0.286 bits per heavy atom. The second-order valence-electron chi connectivity index (χ2n) is 30.7. The first-order valence-corrected chi connectivity index (χ1v) is 39.3. The highest BCUT2D eigenvalue weighted by atomic mass is 79.9. The van der Waals surface area contributed by atoms with Gasteiger partial charge in [-0.3, -0.25) is 24.0 Å². The molecule has 5 atom stereocenters. The number of nitrogens with one attached hydrogen (secondary N) is 5. The zero-order valence-electron chi connectivity index (χ0n) is 65.7. The minimum atomic E-state index is -0.403. The van der Waals surface area contributed by atoms with E-state index in [1.807, 2.05) is 149 Å². The number of halogens is 2. The Hall–Kier alpha value is -11.0. The van der Waals surface area contributed by atoms with Gasteiger partial charge in [-0.1, -0.05) is 286 Å². The van der Waals surface area contributed by atoms with E-state index in [-0.39, 0.29) is 53.6 Å². The first-order chi connectivity index (χ1) is 53.0. The van der Waals surface area contributed by atoms with Crippen molar-refractivity contribution in [2.45, 2.75) is 150 Å². The first-order valence-electron chi connectivity index (χ1n) is 37.7. The number of hydrogen-bond acceptors (Lipinski definition) is 6. The van der Waals surface area contributed by atoms with E-state index in [0.717, 1.165) is 153 Å². The van der Waals surface area contributed by atoms with Gasteiger partial charge in [-0.25, -0.2) is 0 Å². The molecule has 5 aliphatic rings. The molecule has 0 spiro atoms. The van der Waals surface area contributed by atoms with Gasteiger partial charge in [-0.2, -0.15) is 0 Å². The molecule has 0 bridgehead atoms. The molecule has 15 rings (SSSR count). The monoisotopic (exact) mass is 1620 g/mol. The quantitative estimate of drug-likeness (QED) is 0.0869. The Balaban J connectivity index is 0.000000148. The number of carbonyl (C=O) groups excluding carboxylic acids is 5. The summed E-state index contributed by atoms with van der Waals surface area (Å²) in [6, 6.07) is 90.0. The van der Waals surface area contributed by atoms with Gasteiger partial charge in [0.25, 0.3) is 0 Å². The lowest BCUT2D eigenvalue weighted by Crippen LogP contribution is -2.47. The van der Waals surface area contributed by atoms with Gasteiger partial charge in [-0.15, -0.1) is 0 Å². The standard InChI is InChI=1S/C21H23NO2.C21H23NO.C19H17Br2NO.C19H19NO.C18H17NO.CH4/c1-14-5-9-17(10-6-14)21(3)13-19(15(2)20(23)22-21)16-7-11-18(24-4)12-8-16;1-14-5-9-17(10-6-14)19-13-21(4,22-20(23)16(19)3)18-11-7-15(2)8-12-18;1-12-17(13-3-7-15(20)8-4-13)11-19(2,22-18(12)23)14-5-9-16(21)10-6-14;1-14-17(15-9-5-3-6-10-15)13-19(2,20-18(14)21)16-11-7-4-8-12-16;1-18(16-10-6-3-7-11-16)13-15(12-17(20)19-18)14-8-4-2-5-9-14;/h5-12H,13H2,1-4H3,(H,22,23);5-12H,13H2,1-4H3,(H,22,23);3-10H,11H2,1-2H3,(H,22,23);3-12H,13H2,1-2H3,(H,20,21);2-12H,13H2,1H3,(H,19,20);1H4. The Labute approximate surface area is 679 Å². The van der Waals surface area contributed by atoms with Crippen molar-refractivity contribution in [2.24, 2.45) is 0 Å². The molecule has 0 radical (unpaired) electrons. The van der Waals surface area contributed by atoms with Crippen molar-refractivity contribution in [3.8, 4) is 5.75 Å². The highest BCUT2D eigenvalue weighted by molar-refractivity contribution is 9.10. The molecule has 5 N–H and O–H groups in total. The topological polar surface area (TPSA) is 155 Å². The van der Waals surface area contributed by atoms with Gasteiger partial charge in [0.05, 0.1) is 34.8 Å². The molecular weight excluding hydrogens is 1510 g/mol. The van der Waals surface area contributed by atoms with Crippen LogP contribution in [0, 0.1) is 20.8 Å². The van der Waals surface area contributed by atoms with Gasteiger partial charge in [0.2, 0.25) is 29.5 Å². The summed E-state index contributed by atoms with van der Waals surface area (Å²) >= 11 is 6.93. The van der Waals surface area contributed by atoms with Crippen LogP contribution in [0.25, 0.3) is 27.9 Å². The molecule has 5 aliphatic heterocycles. The normalized spacial score (nSPS) is 21.3. The summed E-state index contributed by atoms with van der Waals surface area (Å²) in [4.78, 5) is 62.1. The van der Waals surface area contributed by atoms with Gasteiger partial charge < -0.3 is 31.3 Å². The van der Waals surface area contributed by atoms with Crippen molar-refractivity contribution in [2.75, 3.05) is 7.11 Å². The van der Waals surface area contributed by atoms with E-state index in [2.05, 4.69) is 259 Å². The van der Waals surface area contributed by atoms with Gasteiger partial charge in [0, 0.05) is 69.4 Å². The van der Waals surface area contributed by atoms with Crippen molar-refractivity contribution in [1.29, 1.82) is 0 Å². The van der Waals surface area contributed by atoms with Crippen LogP contribution in [-0.2, 0) is 51.7 Å². The van der Waals surface area contributed by atoms with Crippen LogP contribution in [0.2, 0.25) is 0 Å². The summed E-state index contributed by atoms with van der Waals surface area (Å²) < 4.78 is 7.30. The number of ether oxygens (including phenoxy) is 1. The van der Waals surface area contributed by atoms with Crippen molar-refractivity contribution in [3.05, 3.63) is 377 Å². The fourth-order valence-corrected chi connectivity index (χ4v) is 15.6. The Bertz CT molecular complexity index is 5060. The van der Waals surface area contributed by atoms with Crippen LogP contribution in [0.5, 0.6) is 5.75 Å². The maximum atomic E-state index is 12.6. The van der Waals surface area contributed by atoms with E-state index in [9.17, 15) is 24.0 Å². The van der Waals surface area contributed by atoms with Crippen LogP contribution < -0.4 is 31.3 Å². The molecule has 0 saturated heterocycles. The molecule has 574 valence electrons. The van der Waals surface area contributed by atoms with E-state index in [1.54, 1.807) is 13.2 Å². The van der Waals surface area contributed by atoms with Crippen molar-refractivity contribution < 1.29 is 28.7 Å². The van der Waals surface area contributed by atoms with Gasteiger partial charge in [0.1, 0.15) is 5.75 Å². The minimum Gasteiger partial charge on any atom is -0.497 e. The maximum absolute atomic E-state index is 12.6. The highest BCUT2D eigenvalue weighted by Gasteiger charge is 2.40. The molecule has 5 heterocycles. The van der Waals surface area contributed by atoms with E-state index >= 15 is 0 Å². The van der Waals surface area contributed by atoms with Crippen LogP contribution in [-0.4, -0.2) is 36.6 Å². The summed E-state index contributed by atoms with van der Waals surface area (Å²) in [6.45, 7) is 24.3. The number of rotatable bonds is 11. The summed E-state index contributed by atoms with van der Waals surface area (Å²) in [6.07, 6.45) is 5.65. The fourth-order valence-electron chi connectivity index (χ4n) is 15.1. The second kappa shape index (κ2) is 36.0. The predicted octanol–water partition coefficient (Wildman–Crippen LogP) is 22.2. The molecule has 0 aliphatic carbocycles. The molecule has 0 aromatic heterocycles. The number of hydrogen-bond donors (Lipinski definition) is 5. The molecular formula is C99H103Br2N5O6. The lowest BCUT2D eigenvalue weighted by atomic mass is 9.78. The van der Waals surface area contributed by atoms with Crippen molar-refractivity contribution in [3.63, 3.8) is 0 Å². The number of carbonyl (C=O) groups is 5. The molecule has 112 heavy (non-hydrogen) atoms. The molecule has 13 heteroatoms. The Morgan fingerprint density at radius 2 is 0.527 bits per heavy atom. The van der Waals surface area contributed by atoms with E-state index in [1.165, 1.54) is 16.7 Å². The summed E-state index contributed by atoms with van der Waals surface area (Å²) in [5.41, 5.74) is 21.7. The summed E-state index contributed by atoms with van der Waals surface area (Å²) in [5, 5.41) is 15.8. The van der Waals surface area contributed by atoms with E-state index in [0.29, 0.717) is 0 Å². The zero-order chi connectivity index (χ0) is 79.4. The first kappa shape index (κ1) is 83.5. The van der Waals surface area contributed by atoms with Crippen LogP contribution in [0.3, 0.4) is 0 Å². The lowest BCUT2D eigenvalue weighted by molar-refractivity contribution is -0.120. The van der Waals surface area contributed by atoms with E-state index < -0.39 is 11.1 Å². The van der Waals surface area contributed by atoms with Crippen LogP contribution in [0.1, 0.15) is 174 Å². The molecule has 5 unspecified atom stereocenters. The fraction of sp³-hybridized carbons (Fsp3) is 0.242. The average Bonchev–Trinajstić information content (AvgIpc) is 0.796. The largest absolute Gasteiger partial charge is 0.497 e. The van der Waals surface area contributed by atoms with Gasteiger partial charge in [0.15, 0.2) is 0 Å². The number of amides is 5. The van der Waals surface area contributed by atoms with Crippen LogP contribution in [0.4, 0.5) is 0 Å². The molecule has 11 nitrogen and oxygen atoms in total. The lowest BCUT2D eigenvalue weighted by Gasteiger charge is -2.37. The highest BCUT2D eigenvalue weighted by Crippen LogP contribution is 2.44. The smallest absolute Gasteiger partial charge is 0.247 e. The molecule has 10 aromatic rings. The molecule has 0 fully saturated rings. The Kier molecular flexibility index (Phi) is 26.8. The third-order valence-corrected chi connectivity index (χ3v) is 23.1. The third kappa shape index (κ3) is 19.8. The number of aryl methyl sites for hydroxylation is 3.